The van der Waals surface area contributed by atoms with Crippen molar-refractivity contribution < 1.29 is 0 Å². The maximum absolute atomic E-state index is 3.59. The Bertz CT molecular complexity index is 132. The van der Waals surface area contributed by atoms with Crippen molar-refractivity contribution in [3.8, 4) is 0 Å². The first kappa shape index (κ1) is 11.4. The molecule has 0 bridgehead atoms. The summed E-state index contributed by atoms with van der Waals surface area (Å²) in [6.45, 7) is 7.89. The molecule has 2 heteroatoms. The van der Waals surface area contributed by atoms with Gasteiger partial charge in [-0.1, -0.05) is 33.6 Å². The third-order valence-electron chi connectivity index (χ3n) is 2.44. The number of rotatable bonds is 7. The predicted molar refractivity (Wildman–Crippen MR) is 62.4 cm³/mol. The van der Waals surface area contributed by atoms with E-state index in [2.05, 4.69) is 37.8 Å². The molecule has 1 aliphatic rings. The highest BCUT2D eigenvalue weighted by Gasteiger charge is 2.24. The molecule has 0 aromatic rings. The zero-order chi connectivity index (χ0) is 9.68. The Morgan fingerprint density at radius 3 is 2.54 bits per heavy atom. The molecule has 0 saturated heterocycles. The second-order valence-electron chi connectivity index (χ2n) is 4.32. The molecule has 0 radical (unpaired) electrons. The molecule has 1 aliphatic carbocycles. The van der Waals surface area contributed by atoms with Gasteiger partial charge in [0.2, 0.25) is 0 Å². The molecule has 0 aliphatic heterocycles. The lowest BCUT2D eigenvalue weighted by Crippen LogP contribution is -2.32. The van der Waals surface area contributed by atoms with Gasteiger partial charge in [0.25, 0.3) is 0 Å². The van der Waals surface area contributed by atoms with E-state index in [4.69, 9.17) is 0 Å². The standard InChI is InChI=1S/C11H23NS/c1-4-12-11(7-10-5-6-10)8-13-9(2)3/h9-12H,4-8H2,1-3H3. The van der Waals surface area contributed by atoms with Crippen molar-refractivity contribution in [3.63, 3.8) is 0 Å². The van der Waals surface area contributed by atoms with E-state index < -0.39 is 0 Å². The van der Waals surface area contributed by atoms with E-state index in [9.17, 15) is 0 Å². The van der Waals surface area contributed by atoms with Gasteiger partial charge in [-0.2, -0.15) is 11.8 Å². The van der Waals surface area contributed by atoms with Gasteiger partial charge in [0.15, 0.2) is 0 Å². The van der Waals surface area contributed by atoms with Crippen LogP contribution in [0.15, 0.2) is 0 Å². The smallest absolute Gasteiger partial charge is 0.0160 e. The third-order valence-corrected chi connectivity index (χ3v) is 3.70. The van der Waals surface area contributed by atoms with Crippen LogP contribution < -0.4 is 5.32 Å². The Morgan fingerprint density at radius 2 is 2.08 bits per heavy atom. The maximum Gasteiger partial charge on any atom is 0.0160 e. The summed E-state index contributed by atoms with van der Waals surface area (Å²) in [6.07, 6.45) is 4.37. The van der Waals surface area contributed by atoms with Gasteiger partial charge in [-0.25, -0.2) is 0 Å². The molecule has 0 amide bonds. The lowest BCUT2D eigenvalue weighted by molar-refractivity contribution is 0.507. The van der Waals surface area contributed by atoms with Crippen LogP contribution in [0.25, 0.3) is 0 Å². The van der Waals surface area contributed by atoms with Gasteiger partial charge in [0.05, 0.1) is 0 Å². The summed E-state index contributed by atoms with van der Waals surface area (Å²) in [6, 6.07) is 0.768. The number of nitrogens with one attached hydrogen (secondary N) is 1. The predicted octanol–water partition coefficient (Wildman–Crippen LogP) is 2.91. The van der Waals surface area contributed by atoms with Crippen LogP contribution in [0.4, 0.5) is 0 Å². The monoisotopic (exact) mass is 201 g/mol. The normalized spacial score (nSPS) is 19.4. The van der Waals surface area contributed by atoms with Gasteiger partial charge in [-0.3, -0.25) is 0 Å². The molecule has 1 fully saturated rings. The average molecular weight is 201 g/mol. The van der Waals surface area contributed by atoms with E-state index >= 15 is 0 Å². The minimum Gasteiger partial charge on any atom is -0.313 e. The second kappa shape index (κ2) is 5.92. The summed E-state index contributed by atoms with van der Waals surface area (Å²) >= 11 is 2.09. The van der Waals surface area contributed by atoms with Crippen LogP contribution in [0.3, 0.4) is 0 Å². The van der Waals surface area contributed by atoms with Crippen molar-refractivity contribution in [1.29, 1.82) is 0 Å². The summed E-state index contributed by atoms with van der Waals surface area (Å²) in [7, 11) is 0. The van der Waals surface area contributed by atoms with Crippen LogP contribution in [-0.4, -0.2) is 23.6 Å². The molecule has 1 nitrogen and oxygen atoms in total. The van der Waals surface area contributed by atoms with Crippen molar-refractivity contribution in [3.05, 3.63) is 0 Å². The van der Waals surface area contributed by atoms with E-state index in [1.807, 2.05) is 0 Å². The van der Waals surface area contributed by atoms with E-state index in [-0.39, 0.29) is 0 Å². The zero-order valence-corrected chi connectivity index (χ0v) is 9.99. The Balaban J connectivity index is 2.11. The van der Waals surface area contributed by atoms with E-state index in [1.54, 1.807) is 0 Å². The van der Waals surface area contributed by atoms with Gasteiger partial charge in [-0.15, -0.1) is 0 Å². The van der Waals surface area contributed by atoms with E-state index in [0.717, 1.165) is 23.8 Å². The Hall–Kier alpha value is 0.310. The zero-order valence-electron chi connectivity index (χ0n) is 9.18. The molecular formula is C11H23NS. The van der Waals surface area contributed by atoms with Crippen molar-refractivity contribution in [2.75, 3.05) is 12.3 Å². The highest BCUT2D eigenvalue weighted by molar-refractivity contribution is 7.99. The lowest BCUT2D eigenvalue weighted by atomic mass is 10.1. The van der Waals surface area contributed by atoms with E-state index in [1.165, 1.54) is 25.0 Å². The van der Waals surface area contributed by atoms with Gasteiger partial charge in [-0.05, 0) is 24.1 Å². The fourth-order valence-corrected chi connectivity index (χ4v) is 2.43. The molecule has 1 unspecified atom stereocenters. The highest BCUT2D eigenvalue weighted by Crippen LogP contribution is 2.34. The summed E-state index contributed by atoms with van der Waals surface area (Å²) in [5.74, 6) is 2.35. The largest absolute Gasteiger partial charge is 0.313 e. The minimum absolute atomic E-state index is 0.768. The molecule has 0 spiro atoms. The summed E-state index contributed by atoms with van der Waals surface area (Å²) < 4.78 is 0. The number of hydrogen-bond acceptors (Lipinski definition) is 2. The van der Waals surface area contributed by atoms with Crippen LogP contribution in [-0.2, 0) is 0 Å². The Kier molecular flexibility index (Phi) is 5.18. The molecule has 0 aromatic carbocycles. The van der Waals surface area contributed by atoms with Crippen LogP contribution in [0.2, 0.25) is 0 Å². The molecule has 1 rings (SSSR count). The lowest BCUT2D eigenvalue weighted by Gasteiger charge is -2.18. The van der Waals surface area contributed by atoms with Crippen molar-refractivity contribution >= 4 is 11.8 Å². The number of hydrogen-bond donors (Lipinski definition) is 1. The number of thioether (sulfide) groups is 1. The molecule has 78 valence electrons. The Morgan fingerprint density at radius 1 is 1.38 bits per heavy atom. The van der Waals surface area contributed by atoms with Crippen molar-refractivity contribution in [2.24, 2.45) is 5.92 Å². The molecule has 1 atom stereocenters. The minimum atomic E-state index is 0.768. The first-order valence-corrected chi connectivity index (χ1v) is 6.62. The highest BCUT2D eigenvalue weighted by atomic mass is 32.2. The summed E-state index contributed by atoms with van der Waals surface area (Å²) in [5, 5.41) is 4.37. The molecular weight excluding hydrogens is 178 g/mol. The van der Waals surface area contributed by atoms with Gasteiger partial charge in [0, 0.05) is 11.8 Å². The fraction of sp³-hybridized carbons (Fsp3) is 1.00. The first-order valence-electron chi connectivity index (χ1n) is 5.57. The van der Waals surface area contributed by atoms with Crippen LogP contribution >= 0.6 is 11.8 Å². The molecule has 0 aromatic heterocycles. The summed E-state index contributed by atoms with van der Waals surface area (Å²) in [4.78, 5) is 0. The molecule has 1 saturated carbocycles. The molecule has 1 N–H and O–H groups in total. The van der Waals surface area contributed by atoms with Crippen LogP contribution in [0, 0.1) is 5.92 Å². The van der Waals surface area contributed by atoms with Crippen molar-refractivity contribution in [1.82, 2.24) is 5.32 Å². The summed E-state index contributed by atoms with van der Waals surface area (Å²) in [5.41, 5.74) is 0. The van der Waals surface area contributed by atoms with E-state index in [0.29, 0.717) is 0 Å². The van der Waals surface area contributed by atoms with Gasteiger partial charge < -0.3 is 5.32 Å². The van der Waals surface area contributed by atoms with Crippen molar-refractivity contribution in [2.45, 2.75) is 51.3 Å². The first-order chi connectivity index (χ1) is 6.22. The van der Waals surface area contributed by atoms with Crippen LogP contribution in [0.5, 0.6) is 0 Å². The van der Waals surface area contributed by atoms with Crippen LogP contribution in [0.1, 0.15) is 40.0 Å². The molecule has 13 heavy (non-hydrogen) atoms. The van der Waals surface area contributed by atoms with Gasteiger partial charge in [0.1, 0.15) is 0 Å². The Labute approximate surface area is 87.1 Å². The SMILES string of the molecule is CCNC(CSC(C)C)CC1CC1. The maximum atomic E-state index is 3.59. The topological polar surface area (TPSA) is 12.0 Å². The second-order valence-corrected chi connectivity index (χ2v) is 5.93. The third kappa shape index (κ3) is 5.58. The van der Waals surface area contributed by atoms with Gasteiger partial charge >= 0.3 is 0 Å². The molecule has 0 heterocycles. The average Bonchev–Trinajstić information content (AvgIpc) is 2.84. The fourth-order valence-electron chi connectivity index (χ4n) is 1.56. The quantitative estimate of drug-likeness (QED) is 0.680.